The minimum Gasteiger partial charge on any atom is -0.497 e. The van der Waals surface area contributed by atoms with Gasteiger partial charge in [0, 0.05) is 11.6 Å². The zero-order valence-electron chi connectivity index (χ0n) is 10.8. The molecule has 6 heteroatoms. The molecule has 1 aliphatic rings. The van der Waals surface area contributed by atoms with Gasteiger partial charge in [-0.2, -0.15) is 0 Å². The average molecular weight is 265 g/mol. The molecule has 19 heavy (non-hydrogen) atoms. The summed E-state index contributed by atoms with van der Waals surface area (Å²) in [7, 11) is 3.10. The Labute approximate surface area is 110 Å². The molecule has 1 amide bonds. The van der Waals surface area contributed by atoms with Crippen molar-refractivity contribution < 1.29 is 23.8 Å². The van der Waals surface area contributed by atoms with Crippen LogP contribution < -0.4 is 14.8 Å². The Morgan fingerprint density at radius 2 is 2.11 bits per heavy atom. The van der Waals surface area contributed by atoms with E-state index in [-0.39, 0.29) is 18.9 Å². The Balaban J connectivity index is 1.95. The standard InChI is InChI=1S/C13H15NO5/c1-17-9-4-3-8(11(5-9)18-2)7-19-13(16)10-6-12(15)14-10/h3-5,10H,6-7H2,1-2H3,(H,14,15). The first-order chi connectivity index (χ1) is 9.13. The van der Waals surface area contributed by atoms with Gasteiger partial charge >= 0.3 is 5.97 Å². The third-order valence-corrected chi connectivity index (χ3v) is 2.87. The largest absolute Gasteiger partial charge is 0.497 e. The van der Waals surface area contributed by atoms with Gasteiger partial charge in [-0.05, 0) is 12.1 Å². The van der Waals surface area contributed by atoms with Crippen LogP contribution in [0.1, 0.15) is 12.0 Å². The minimum atomic E-state index is -0.517. The Morgan fingerprint density at radius 1 is 1.37 bits per heavy atom. The Bertz CT molecular complexity index is 492. The molecule has 0 aromatic heterocycles. The molecular weight excluding hydrogens is 250 g/mol. The highest BCUT2D eigenvalue weighted by atomic mass is 16.5. The van der Waals surface area contributed by atoms with E-state index in [4.69, 9.17) is 14.2 Å². The highest BCUT2D eigenvalue weighted by Crippen LogP contribution is 2.25. The number of ether oxygens (including phenoxy) is 3. The van der Waals surface area contributed by atoms with Crippen molar-refractivity contribution in [3.05, 3.63) is 23.8 Å². The molecule has 1 N–H and O–H groups in total. The second kappa shape index (κ2) is 5.60. The van der Waals surface area contributed by atoms with Gasteiger partial charge < -0.3 is 19.5 Å². The summed E-state index contributed by atoms with van der Waals surface area (Å²) < 4.78 is 15.4. The molecule has 0 spiro atoms. The van der Waals surface area contributed by atoms with Crippen LogP contribution in [-0.4, -0.2) is 32.1 Å². The molecule has 1 atom stereocenters. The van der Waals surface area contributed by atoms with Crippen LogP contribution in [0.25, 0.3) is 0 Å². The Morgan fingerprint density at radius 3 is 2.68 bits per heavy atom. The van der Waals surface area contributed by atoms with Crippen molar-refractivity contribution >= 4 is 11.9 Å². The first kappa shape index (κ1) is 13.2. The zero-order chi connectivity index (χ0) is 13.8. The van der Waals surface area contributed by atoms with Crippen LogP contribution in [-0.2, 0) is 20.9 Å². The molecular formula is C13H15NO5. The van der Waals surface area contributed by atoms with Crippen LogP contribution in [0.15, 0.2) is 18.2 Å². The number of benzene rings is 1. The van der Waals surface area contributed by atoms with E-state index in [2.05, 4.69) is 5.32 Å². The van der Waals surface area contributed by atoms with Crippen LogP contribution in [0.5, 0.6) is 11.5 Å². The first-order valence-corrected chi connectivity index (χ1v) is 5.81. The summed E-state index contributed by atoms with van der Waals surface area (Å²) in [4.78, 5) is 22.3. The molecule has 1 unspecified atom stereocenters. The van der Waals surface area contributed by atoms with E-state index in [1.54, 1.807) is 25.3 Å². The summed E-state index contributed by atoms with van der Waals surface area (Å²) in [5.41, 5.74) is 0.738. The van der Waals surface area contributed by atoms with E-state index in [1.165, 1.54) is 7.11 Å². The van der Waals surface area contributed by atoms with Crippen molar-refractivity contribution in [2.24, 2.45) is 0 Å². The molecule has 6 nitrogen and oxygen atoms in total. The summed E-state index contributed by atoms with van der Waals surface area (Å²) in [5, 5.41) is 2.46. The molecule has 1 aromatic rings. The smallest absolute Gasteiger partial charge is 0.329 e. The summed E-state index contributed by atoms with van der Waals surface area (Å²) >= 11 is 0. The van der Waals surface area contributed by atoms with Crippen molar-refractivity contribution in [3.8, 4) is 11.5 Å². The van der Waals surface area contributed by atoms with Crippen molar-refractivity contribution in [1.82, 2.24) is 5.32 Å². The third-order valence-electron chi connectivity index (χ3n) is 2.87. The minimum absolute atomic E-state index is 0.0956. The van der Waals surface area contributed by atoms with Gasteiger partial charge in [-0.3, -0.25) is 4.79 Å². The lowest BCUT2D eigenvalue weighted by Gasteiger charge is -2.24. The van der Waals surface area contributed by atoms with Gasteiger partial charge in [0.25, 0.3) is 0 Å². The molecule has 1 aliphatic heterocycles. The van der Waals surface area contributed by atoms with E-state index in [9.17, 15) is 9.59 Å². The van der Waals surface area contributed by atoms with Crippen molar-refractivity contribution in [2.45, 2.75) is 19.1 Å². The topological polar surface area (TPSA) is 73.9 Å². The Hall–Kier alpha value is -2.24. The number of β-lactam (4-membered cyclic amide) rings is 1. The Kier molecular flexibility index (Phi) is 3.89. The van der Waals surface area contributed by atoms with Crippen LogP contribution in [0.4, 0.5) is 0 Å². The predicted molar refractivity (Wildman–Crippen MR) is 65.9 cm³/mol. The van der Waals surface area contributed by atoms with Gasteiger partial charge in [0.1, 0.15) is 24.1 Å². The van der Waals surface area contributed by atoms with Crippen LogP contribution in [0.2, 0.25) is 0 Å². The van der Waals surface area contributed by atoms with Gasteiger partial charge in [0.15, 0.2) is 0 Å². The lowest BCUT2D eigenvalue weighted by Crippen LogP contribution is -2.53. The maximum absolute atomic E-state index is 11.6. The van der Waals surface area contributed by atoms with Crippen LogP contribution in [0, 0.1) is 0 Å². The monoisotopic (exact) mass is 265 g/mol. The summed E-state index contributed by atoms with van der Waals surface area (Å²) in [6.45, 7) is 0.0956. The van der Waals surface area contributed by atoms with E-state index in [1.807, 2.05) is 0 Å². The molecule has 1 heterocycles. The fraction of sp³-hybridized carbons (Fsp3) is 0.385. The van der Waals surface area contributed by atoms with E-state index < -0.39 is 12.0 Å². The van der Waals surface area contributed by atoms with E-state index in [0.29, 0.717) is 11.5 Å². The summed E-state index contributed by atoms with van der Waals surface area (Å²) in [5.74, 6) is 0.685. The summed E-state index contributed by atoms with van der Waals surface area (Å²) in [6.07, 6.45) is 0.193. The SMILES string of the molecule is COc1ccc(COC(=O)C2CC(=O)N2)c(OC)c1. The lowest BCUT2D eigenvalue weighted by atomic mass is 10.1. The second-order valence-corrected chi connectivity index (χ2v) is 4.11. The number of methoxy groups -OCH3 is 2. The third kappa shape index (κ3) is 2.96. The highest BCUT2D eigenvalue weighted by molar-refractivity contribution is 5.94. The molecule has 0 bridgehead atoms. The number of hydrogen-bond acceptors (Lipinski definition) is 5. The van der Waals surface area contributed by atoms with Crippen LogP contribution in [0.3, 0.4) is 0 Å². The van der Waals surface area contributed by atoms with Gasteiger partial charge in [0.2, 0.25) is 5.91 Å². The number of rotatable bonds is 5. The number of carbonyl (C=O) groups excluding carboxylic acids is 2. The molecule has 0 radical (unpaired) electrons. The van der Waals surface area contributed by atoms with Gasteiger partial charge in [-0.25, -0.2) is 4.79 Å². The van der Waals surface area contributed by atoms with Gasteiger partial charge in [-0.15, -0.1) is 0 Å². The maximum atomic E-state index is 11.6. The fourth-order valence-corrected chi connectivity index (χ4v) is 1.72. The van der Waals surface area contributed by atoms with Gasteiger partial charge in [0.05, 0.1) is 20.6 Å². The van der Waals surface area contributed by atoms with E-state index >= 15 is 0 Å². The molecule has 0 aliphatic carbocycles. The van der Waals surface area contributed by atoms with E-state index in [0.717, 1.165) is 5.56 Å². The molecule has 1 saturated heterocycles. The molecule has 1 aromatic carbocycles. The average Bonchev–Trinajstić information content (AvgIpc) is 2.41. The zero-order valence-corrected chi connectivity index (χ0v) is 10.8. The molecule has 0 saturated carbocycles. The van der Waals surface area contributed by atoms with Crippen molar-refractivity contribution in [3.63, 3.8) is 0 Å². The van der Waals surface area contributed by atoms with Crippen molar-refractivity contribution in [1.29, 1.82) is 0 Å². The maximum Gasteiger partial charge on any atom is 0.329 e. The molecule has 1 fully saturated rings. The number of carbonyl (C=O) groups is 2. The predicted octanol–water partition coefficient (Wildman–Crippen LogP) is 0.635. The number of amides is 1. The van der Waals surface area contributed by atoms with Crippen molar-refractivity contribution in [2.75, 3.05) is 14.2 Å². The molecule has 2 rings (SSSR count). The second-order valence-electron chi connectivity index (χ2n) is 4.11. The summed E-state index contributed by atoms with van der Waals surface area (Å²) in [6, 6.07) is 4.73. The quantitative estimate of drug-likeness (QED) is 0.624. The normalized spacial score (nSPS) is 17.2. The first-order valence-electron chi connectivity index (χ1n) is 5.81. The lowest BCUT2D eigenvalue weighted by molar-refractivity contribution is -0.154. The molecule has 102 valence electrons. The fourth-order valence-electron chi connectivity index (χ4n) is 1.72. The number of hydrogen-bond donors (Lipinski definition) is 1. The number of nitrogens with one attached hydrogen (secondary N) is 1. The highest BCUT2D eigenvalue weighted by Gasteiger charge is 2.33. The van der Waals surface area contributed by atoms with Crippen LogP contribution >= 0.6 is 0 Å². The number of esters is 1. The van der Waals surface area contributed by atoms with Gasteiger partial charge in [-0.1, -0.05) is 0 Å².